The molecular weight excluding hydrogens is 326 g/mol. The van der Waals surface area contributed by atoms with E-state index in [1.165, 1.54) is 37.8 Å². The molecule has 2 aliphatic rings. The maximum atomic E-state index is 5.40. The van der Waals surface area contributed by atoms with Gasteiger partial charge in [-0.15, -0.1) is 0 Å². The van der Waals surface area contributed by atoms with Crippen LogP contribution in [-0.4, -0.2) is 47.7 Å². The lowest BCUT2D eigenvalue weighted by atomic mass is 9.74. The van der Waals surface area contributed by atoms with Crippen LogP contribution < -0.4 is 9.47 Å². The highest BCUT2D eigenvalue weighted by molar-refractivity contribution is 5.68. The fraction of sp³-hybridized carbons (Fsp3) is 0.524. The molecule has 1 aliphatic heterocycles. The zero-order valence-corrected chi connectivity index (χ0v) is 15.8. The van der Waals surface area contributed by atoms with E-state index in [-0.39, 0.29) is 0 Å². The van der Waals surface area contributed by atoms with Gasteiger partial charge in [-0.25, -0.2) is 4.98 Å². The van der Waals surface area contributed by atoms with Crippen molar-refractivity contribution in [3.8, 4) is 23.0 Å². The average molecular weight is 353 g/mol. The zero-order valence-electron chi connectivity index (χ0n) is 15.8. The molecule has 0 N–H and O–H groups in total. The molecule has 1 aliphatic carbocycles. The van der Waals surface area contributed by atoms with Crippen molar-refractivity contribution >= 4 is 0 Å². The summed E-state index contributed by atoms with van der Waals surface area (Å²) < 4.78 is 10.5. The molecule has 0 amide bonds. The van der Waals surface area contributed by atoms with Crippen LogP contribution in [0.25, 0.3) is 11.1 Å². The first-order valence-corrected chi connectivity index (χ1v) is 9.50. The summed E-state index contributed by atoms with van der Waals surface area (Å²) in [4.78, 5) is 11.2. The van der Waals surface area contributed by atoms with Gasteiger partial charge in [0.2, 0.25) is 5.88 Å². The molecule has 5 nitrogen and oxygen atoms in total. The van der Waals surface area contributed by atoms with Crippen molar-refractivity contribution < 1.29 is 9.47 Å². The van der Waals surface area contributed by atoms with E-state index in [0.717, 1.165) is 23.2 Å². The molecule has 1 aromatic carbocycles. The molecule has 0 radical (unpaired) electrons. The first-order valence-electron chi connectivity index (χ1n) is 9.50. The lowest BCUT2D eigenvalue weighted by Gasteiger charge is -2.43. The number of aromatic nitrogens is 2. The normalized spacial score (nSPS) is 25.7. The third-order valence-electron chi connectivity index (χ3n) is 5.99. The number of likely N-dealkylation sites (tertiary alicyclic amines) is 1. The van der Waals surface area contributed by atoms with Gasteiger partial charge in [0.25, 0.3) is 0 Å². The van der Waals surface area contributed by atoms with Gasteiger partial charge in [0.1, 0.15) is 0 Å². The Hall–Kier alpha value is -2.14. The smallest absolute Gasteiger partial charge is 0.319 e. The molecule has 1 saturated heterocycles. The second kappa shape index (κ2) is 7.23. The molecule has 1 saturated carbocycles. The third kappa shape index (κ3) is 3.16. The standard InChI is InChI=1S/C21H27N3O2/c1-14-5-4-10-24(14)18-11-17(12-18)15-6-8-16(9-7-15)19-13-22-21(26-3)23-20(19)25-2/h6-9,13-14,17-18H,4-5,10-12H2,1-3H3/t14-,17-,18-/m1/s1. The highest BCUT2D eigenvalue weighted by Crippen LogP contribution is 2.42. The van der Waals surface area contributed by atoms with Gasteiger partial charge in [-0.1, -0.05) is 24.3 Å². The molecule has 4 rings (SSSR count). The molecule has 0 spiro atoms. The Kier molecular flexibility index (Phi) is 4.81. The maximum Gasteiger partial charge on any atom is 0.319 e. The van der Waals surface area contributed by atoms with Crippen LogP contribution in [0.15, 0.2) is 30.5 Å². The molecular formula is C21H27N3O2. The van der Waals surface area contributed by atoms with E-state index in [4.69, 9.17) is 9.47 Å². The topological polar surface area (TPSA) is 47.5 Å². The van der Waals surface area contributed by atoms with Gasteiger partial charge in [-0.3, -0.25) is 4.90 Å². The molecule has 0 unspecified atom stereocenters. The summed E-state index contributed by atoms with van der Waals surface area (Å²) in [6.45, 7) is 3.66. The van der Waals surface area contributed by atoms with Crippen LogP contribution in [0, 0.1) is 0 Å². The lowest BCUT2D eigenvalue weighted by Crippen LogP contribution is -2.45. The molecule has 1 aromatic heterocycles. The van der Waals surface area contributed by atoms with Gasteiger partial charge in [-0.2, -0.15) is 4.98 Å². The number of benzene rings is 1. The van der Waals surface area contributed by atoms with Crippen molar-refractivity contribution in [2.45, 2.75) is 50.6 Å². The summed E-state index contributed by atoms with van der Waals surface area (Å²) in [6, 6.07) is 10.7. The van der Waals surface area contributed by atoms with Crippen molar-refractivity contribution in [3.05, 3.63) is 36.0 Å². The van der Waals surface area contributed by atoms with Crippen LogP contribution in [0.3, 0.4) is 0 Å². The number of methoxy groups -OCH3 is 2. The summed E-state index contributed by atoms with van der Waals surface area (Å²) in [6.07, 6.45) is 7.07. The monoisotopic (exact) mass is 353 g/mol. The number of ether oxygens (including phenoxy) is 2. The summed E-state index contributed by atoms with van der Waals surface area (Å²) in [5.74, 6) is 1.23. The quantitative estimate of drug-likeness (QED) is 0.816. The van der Waals surface area contributed by atoms with E-state index in [1.807, 2.05) is 0 Å². The predicted octanol–water partition coefficient (Wildman–Crippen LogP) is 3.89. The molecule has 26 heavy (non-hydrogen) atoms. The second-order valence-electron chi connectivity index (χ2n) is 7.45. The summed E-state index contributed by atoms with van der Waals surface area (Å²) in [5.41, 5.74) is 3.39. The van der Waals surface area contributed by atoms with Crippen LogP contribution in [0.1, 0.15) is 44.1 Å². The lowest BCUT2D eigenvalue weighted by molar-refractivity contribution is 0.103. The number of rotatable bonds is 5. The molecule has 0 bridgehead atoms. The van der Waals surface area contributed by atoms with E-state index >= 15 is 0 Å². The van der Waals surface area contributed by atoms with Crippen LogP contribution >= 0.6 is 0 Å². The van der Waals surface area contributed by atoms with E-state index in [2.05, 4.69) is 46.1 Å². The van der Waals surface area contributed by atoms with Crippen LogP contribution in [0.2, 0.25) is 0 Å². The number of nitrogens with zero attached hydrogens (tertiary/aromatic N) is 3. The molecule has 2 fully saturated rings. The van der Waals surface area contributed by atoms with Gasteiger partial charge in [0, 0.05) is 18.3 Å². The largest absolute Gasteiger partial charge is 0.480 e. The molecule has 2 heterocycles. The number of hydrogen-bond donors (Lipinski definition) is 0. The fourth-order valence-corrected chi connectivity index (χ4v) is 4.37. The molecule has 1 atom stereocenters. The van der Waals surface area contributed by atoms with Crippen LogP contribution in [-0.2, 0) is 0 Å². The number of hydrogen-bond acceptors (Lipinski definition) is 5. The van der Waals surface area contributed by atoms with Crippen molar-refractivity contribution in [2.75, 3.05) is 20.8 Å². The molecule has 138 valence electrons. The van der Waals surface area contributed by atoms with E-state index in [0.29, 0.717) is 17.8 Å². The SMILES string of the molecule is COc1ncc(-c2ccc([C@H]3C[C@H](N4CCC[C@H]4C)C3)cc2)c(OC)n1. The highest BCUT2D eigenvalue weighted by Gasteiger charge is 2.37. The van der Waals surface area contributed by atoms with Gasteiger partial charge in [0.15, 0.2) is 0 Å². The predicted molar refractivity (Wildman–Crippen MR) is 102 cm³/mol. The van der Waals surface area contributed by atoms with E-state index < -0.39 is 0 Å². The fourth-order valence-electron chi connectivity index (χ4n) is 4.37. The minimum atomic E-state index is 0.318. The third-order valence-corrected chi connectivity index (χ3v) is 5.99. The zero-order chi connectivity index (χ0) is 18.1. The summed E-state index contributed by atoms with van der Waals surface area (Å²) >= 11 is 0. The highest BCUT2D eigenvalue weighted by atomic mass is 16.5. The van der Waals surface area contributed by atoms with Crippen molar-refractivity contribution in [2.24, 2.45) is 0 Å². The maximum absolute atomic E-state index is 5.40. The second-order valence-corrected chi connectivity index (χ2v) is 7.45. The Morgan fingerprint density at radius 2 is 1.85 bits per heavy atom. The Bertz CT molecular complexity index is 756. The Labute approximate surface area is 155 Å². The van der Waals surface area contributed by atoms with Gasteiger partial charge >= 0.3 is 6.01 Å². The minimum absolute atomic E-state index is 0.318. The Morgan fingerprint density at radius 3 is 2.46 bits per heavy atom. The first kappa shape index (κ1) is 17.3. The minimum Gasteiger partial charge on any atom is -0.480 e. The average Bonchev–Trinajstić information content (AvgIpc) is 3.06. The Balaban J connectivity index is 1.45. The van der Waals surface area contributed by atoms with Gasteiger partial charge in [-0.05, 0) is 56.2 Å². The van der Waals surface area contributed by atoms with Gasteiger partial charge < -0.3 is 9.47 Å². The van der Waals surface area contributed by atoms with Crippen LogP contribution in [0.5, 0.6) is 11.9 Å². The summed E-state index contributed by atoms with van der Waals surface area (Å²) in [5, 5.41) is 0. The molecule has 2 aromatic rings. The van der Waals surface area contributed by atoms with E-state index in [9.17, 15) is 0 Å². The molecule has 5 heteroatoms. The van der Waals surface area contributed by atoms with Crippen molar-refractivity contribution in [3.63, 3.8) is 0 Å². The van der Waals surface area contributed by atoms with Crippen molar-refractivity contribution in [1.82, 2.24) is 14.9 Å². The van der Waals surface area contributed by atoms with Crippen LogP contribution in [0.4, 0.5) is 0 Å². The van der Waals surface area contributed by atoms with E-state index in [1.54, 1.807) is 20.4 Å². The van der Waals surface area contributed by atoms with Gasteiger partial charge in [0.05, 0.1) is 19.8 Å². The first-order chi connectivity index (χ1) is 12.7. The van der Waals surface area contributed by atoms with Crippen molar-refractivity contribution in [1.29, 1.82) is 0 Å². The Morgan fingerprint density at radius 1 is 1.08 bits per heavy atom. The summed E-state index contributed by atoms with van der Waals surface area (Å²) in [7, 11) is 3.17.